The van der Waals surface area contributed by atoms with Gasteiger partial charge < -0.3 is 19.5 Å². The van der Waals surface area contributed by atoms with Gasteiger partial charge in [-0.05, 0) is 36.2 Å². The normalized spacial score (nSPS) is 17.0. The van der Waals surface area contributed by atoms with Crippen molar-refractivity contribution in [2.45, 2.75) is 19.4 Å². The molecule has 5 rings (SSSR count). The number of amides is 2. The van der Waals surface area contributed by atoms with Crippen LogP contribution in [0, 0.1) is 5.82 Å². The predicted octanol–water partition coefficient (Wildman–Crippen LogP) is 3.24. The molecule has 172 valence electrons. The lowest BCUT2D eigenvalue weighted by Gasteiger charge is -2.34. The van der Waals surface area contributed by atoms with Crippen LogP contribution in [0.5, 0.6) is 0 Å². The Kier molecular flexibility index (Phi) is 5.54. The van der Waals surface area contributed by atoms with Gasteiger partial charge in [0.2, 0.25) is 5.91 Å². The smallest absolute Gasteiger partial charge is 0.407 e. The van der Waals surface area contributed by atoms with Crippen molar-refractivity contribution in [2.24, 2.45) is 7.05 Å². The average molecular weight is 451 g/mol. The predicted molar refractivity (Wildman–Crippen MR) is 124 cm³/mol. The van der Waals surface area contributed by atoms with Gasteiger partial charge in [-0.3, -0.25) is 9.69 Å². The SMILES string of the molecule is Cn1c2c(c3ccc(N4CCN(CCc5ccc(F)cc5)CC4=O)cc31)CN(C(=O)O)CC2. The van der Waals surface area contributed by atoms with E-state index in [-0.39, 0.29) is 11.7 Å². The standard InChI is InChI=1S/C25H27FN4O3/c1-27-22-9-11-29(25(32)33)15-21(22)20-7-6-19(14-23(20)27)30-13-12-28(16-24(30)31)10-8-17-2-4-18(26)5-3-17/h2-7,14H,8-13,15-16H2,1H3,(H,32,33). The first-order chi connectivity index (χ1) is 15.9. The molecule has 2 amide bonds. The van der Waals surface area contributed by atoms with Gasteiger partial charge >= 0.3 is 6.09 Å². The molecule has 0 atom stereocenters. The van der Waals surface area contributed by atoms with E-state index in [0.717, 1.165) is 52.9 Å². The molecular weight excluding hydrogens is 423 g/mol. The quantitative estimate of drug-likeness (QED) is 0.663. The number of piperazine rings is 1. The number of carbonyl (C=O) groups excluding carboxylic acids is 1. The topological polar surface area (TPSA) is 69.0 Å². The first kappa shape index (κ1) is 21.5. The fourth-order valence-electron chi connectivity index (χ4n) is 5.02. The third kappa shape index (κ3) is 4.06. The van der Waals surface area contributed by atoms with E-state index in [4.69, 9.17) is 0 Å². The number of aryl methyl sites for hydroxylation is 1. The number of anilines is 1. The number of carbonyl (C=O) groups is 2. The van der Waals surface area contributed by atoms with Crippen LogP contribution < -0.4 is 4.90 Å². The molecule has 0 saturated carbocycles. The molecule has 0 unspecified atom stereocenters. The number of carboxylic acid groups (broad SMARTS) is 1. The average Bonchev–Trinajstić information content (AvgIpc) is 3.09. The minimum absolute atomic E-state index is 0.0655. The molecule has 1 N–H and O–H groups in total. The monoisotopic (exact) mass is 450 g/mol. The van der Waals surface area contributed by atoms with Gasteiger partial charge in [-0.25, -0.2) is 9.18 Å². The Hall–Kier alpha value is -3.39. The summed E-state index contributed by atoms with van der Waals surface area (Å²) in [5.41, 5.74) is 5.18. The second kappa shape index (κ2) is 8.51. The molecule has 2 aliphatic rings. The van der Waals surface area contributed by atoms with Crippen molar-refractivity contribution in [3.63, 3.8) is 0 Å². The third-order valence-electron chi connectivity index (χ3n) is 6.90. The molecule has 0 bridgehead atoms. The first-order valence-corrected chi connectivity index (χ1v) is 11.3. The molecular formula is C25H27FN4O3. The van der Waals surface area contributed by atoms with Gasteiger partial charge in [-0.15, -0.1) is 0 Å². The third-order valence-corrected chi connectivity index (χ3v) is 6.90. The zero-order valence-corrected chi connectivity index (χ0v) is 18.6. The first-order valence-electron chi connectivity index (χ1n) is 11.3. The minimum atomic E-state index is -0.892. The molecule has 1 fully saturated rings. The van der Waals surface area contributed by atoms with Crippen LogP contribution in [0.3, 0.4) is 0 Å². The lowest BCUT2D eigenvalue weighted by Crippen LogP contribution is -2.50. The van der Waals surface area contributed by atoms with E-state index in [9.17, 15) is 19.1 Å². The van der Waals surface area contributed by atoms with Crippen molar-refractivity contribution in [3.05, 3.63) is 65.1 Å². The van der Waals surface area contributed by atoms with E-state index in [2.05, 4.69) is 9.47 Å². The Morgan fingerprint density at radius 3 is 2.58 bits per heavy atom. The molecule has 2 aromatic carbocycles. The summed E-state index contributed by atoms with van der Waals surface area (Å²) < 4.78 is 15.2. The maximum Gasteiger partial charge on any atom is 0.407 e. The summed E-state index contributed by atoms with van der Waals surface area (Å²) in [5, 5.41) is 10.4. The Balaban J connectivity index is 1.30. The fourth-order valence-corrected chi connectivity index (χ4v) is 5.02. The van der Waals surface area contributed by atoms with Crippen LogP contribution in [0.25, 0.3) is 10.9 Å². The molecule has 3 heterocycles. The fraction of sp³-hybridized carbons (Fsp3) is 0.360. The van der Waals surface area contributed by atoms with E-state index in [1.807, 2.05) is 30.1 Å². The van der Waals surface area contributed by atoms with Gasteiger partial charge in [-0.2, -0.15) is 0 Å². The summed E-state index contributed by atoms with van der Waals surface area (Å²) in [6, 6.07) is 12.5. The lowest BCUT2D eigenvalue weighted by atomic mass is 10.0. The second-order valence-electron chi connectivity index (χ2n) is 8.84. The number of rotatable bonds is 4. The van der Waals surface area contributed by atoms with Crippen molar-refractivity contribution < 1.29 is 19.1 Å². The van der Waals surface area contributed by atoms with Crippen LogP contribution in [-0.2, 0) is 31.2 Å². The van der Waals surface area contributed by atoms with Gasteiger partial charge in [0.1, 0.15) is 5.82 Å². The number of hydrogen-bond donors (Lipinski definition) is 1. The van der Waals surface area contributed by atoms with Gasteiger partial charge in [0.25, 0.3) is 0 Å². The Morgan fingerprint density at radius 2 is 1.85 bits per heavy atom. The van der Waals surface area contributed by atoms with E-state index in [1.165, 1.54) is 17.0 Å². The van der Waals surface area contributed by atoms with E-state index < -0.39 is 6.09 Å². The molecule has 1 saturated heterocycles. The summed E-state index contributed by atoms with van der Waals surface area (Å²) in [6.45, 7) is 3.41. The largest absolute Gasteiger partial charge is 0.465 e. The number of benzene rings is 2. The maximum atomic E-state index is 13.1. The van der Waals surface area contributed by atoms with E-state index in [0.29, 0.717) is 32.6 Å². The molecule has 3 aromatic rings. The Bertz CT molecular complexity index is 1220. The number of aromatic nitrogens is 1. The lowest BCUT2D eigenvalue weighted by molar-refractivity contribution is -0.121. The van der Waals surface area contributed by atoms with Crippen LogP contribution in [0.2, 0.25) is 0 Å². The highest BCUT2D eigenvalue weighted by Crippen LogP contribution is 2.33. The molecule has 0 radical (unpaired) electrons. The summed E-state index contributed by atoms with van der Waals surface area (Å²) in [5.74, 6) is -0.173. The Labute approximate surface area is 191 Å². The molecule has 0 spiro atoms. The van der Waals surface area contributed by atoms with Crippen LogP contribution >= 0.6 is 0 Å². The van der Waals surface area contributed by atoms with Crippen molar-refractivity contribution >= 4 is 28.6 Å². The highest BCUT2D eigenvalue weighted by Gasteiger charge is 2.28. The van der Waals surface area contributed by atoms with Gasteiger partial charge in [-0.1, -0.05) is 18.2 Å². The van der Waals surface area contributed by atoms with E-state index >= 15 is 0 Å². The molecule has 8 heteroatoms. The highest BCUT2D eigenvalue weighted by atomic mass is 19.1. The number of fused-ring (bicyclic) bond motifs is 3. The molecule has 1 aromatic heterocycles. The zero-order chi connectivity index (χ0) is 23.1. The number of nitrogens with zero attached hydrogens (tertiary/aromatic N) is 4. The van der Waals surface area contributed by atoms with Crippen molar-refractivity contribution in [1.29, 1.82) is 0 Å². The van der Waals surface area contributed by atoms with Gasteiger partial charge in [0.05, 0.1) is 18.6 Å². The molecule has 2 aliphatic heterocycles. The molecule has 0 aliphatic carbocycles. The van der Waals surface area contributed by atoms with Crippen LogP contribution in [-0.4, -0.2) is 64.2 Å². The summed E-state index contributed by atoms with van der Waals surface area (Å²) in [6.07, 6.45) is 0.576. The van der Waals surface area contributed by atoms with Gasteiger partial charge in [0.15, 0.2) is 0 Å². The number of hydrogen-bond acceptors (Lipinski definition) is 3. The van der Waals surface area contributed by atoms with Crippen LogP contribution in [0.4, 0.5) is 14.9 Å². The maximum absolute atomic E-state index is 13.1. The summed E-state index contributed by atoms with van der Waals surface area (Å²) >= 11 is 0. The van der Waals surface area contributed by atoms with E-state index in [1.54, 1.807) is 12.1 Å². The Morgan fingerprint density at radius 1 is 1.06 bits per heavy atom. The zero-order valence-electron chi connectivity index (χ0n) is 18.6. The van der Waals surface area contributed by atoms with Gasteiger partial charge in [0, 0.05) is 62.0 Å². The molecule has 33 heavy (non-hydrogen) atoms. The summed E-state index contributed by atoms with van der Waals surface area (Å²) in [7, 11) is 2.01. The highest BCUT2D eigenvalue weighted by molar-refractivity contribution is 5.98. The second-order valence-corrected chi connectivity index (χ2v) is 8.84. The van der Waals surface area contributed by atoms with Crippen molar-refractivity contribution in [3.8, 4) is 0 Å². The number of halogens is 1. The van der Waals surface area contributed by atoms with Crippen LogP contribution in [0.15, 0.2) is 42.5 Å². The summed E-state index contributed by atoms with van der Waals surface area (Å²) in [4.78, 5) is 29.8. The minimum Gasteiger partial charge on any atom is -0.465 e. The van der Waals surface area contributed by atoms with Crippen molar-refractivity contribution in [2.75, 3.05) is 37.6 Å². The van der Waals surface area contributed by atoms with Crippen molar-refractivity contribution in [1.82, 2.24) is 14.4 Å². The van der Waals surface area contributed by atoms with Crippen LogP contribution in [0.1, 0.15) is 16.8 Å². The molecule has 7 nitrogen and oxygen atoms in total.